The predicted octanol–water partition coefficient (Wildman–Crippen LogP) is 3.41. The van der Waals surface area contributed by atoms with E-state index in [1.807, 2.05) is 41.7 Å². The van der Waals surface area contributed by atoms with E-state index in [0.717, 1.165) is 31.6 Å². The van der Waals surface area contributed by atoms with Crippen molar-refractivity contribution in [2.45, 2.75) is 18.9 Å². The second-order valence-electron chi connectivity index (χ2n) is 4.95. The van der Waals surface area contributed by atoms with Gasteiger partial charge in [-0.25, -0.2) is 0 Å². The summed E-state index contributed by atoms with van der Waals surface area (Å²) < 4.78 is 0. The zero-order valence-electron chi connectivity index (χ0n) is 10.7. The third-order valence-corrected chi connectivity index (χ3v) is 4.71. The maximum atomic E-state index is 9.39. The average molecular weight is 268 g/mol. The van der Waals surface area contributed by atoms with Crippen LogP contribution in [0.3, 0.4) is 0 Å². The summed E-state index contributed by atoms with van der Waals surface area (Å²) in [4.78, 5) is 3.92. The number of benzene rings is 1. The van der Waals surface area contributed by atoms with Gasteiger partial charge in [0, 0.05) is 24.5 Å². The fourth-order valence-corrected chi connectivity index (χ4v) is 3.52. The van der Waals surface area contributed by atoms with Gasteiger partial charge in [-0.05, 0) is 29.0 Å². The maximum Gasteiger partial charge on any atom is 0.0839 e. The Morgan fingerprint density at radius 3 is 2.89 bits per heavy atom. The third kappa shape index (κ3) is 2.70. The highest BCUT2D eigenvalue weighted by atomic mass is 32.1. The standard InChI is InChI=1S/C16H16N2S/c17-10-15(13-4-2-1-3-5-13)12-18-8-6-16-14(11-18)7-9-19-16/h1-5,7,9,15H,6,8,11-12H2. The highest BCUT2D eigenvalue weighted by Crippen LogP contribution is 2.26. The van der Waals surface area contributed by atoms with Gasteiger partial charge in [0.05, 0.1) is 12.0 Å². The van der Waals surface area contributed by atoms with Crippen LogP contribution < -0.4 is 0 Å². The van der Waals surface area contributed by atoms with Gasteiger partial charge in [-0.3, -0.25) is 4.90 Å². The van der Waals surface area contributed by atoms with E-state index < -0.39 is 0 Å². The van der Waals surface area contributed by atoms with Crippen LogP contribution in [0.5, 0.6) is 0 Å². The minimum absolute atomic E-state index is 0.0265. The number of fused-ring (bicyclic) bond motifs is 1. The lowest BCUT2D eigenvalue weighted by atomic mass is 9.99. The van der Waals surface area contributed by atoms with Crippen LogP contribution in [0, 0.1) is 11.3 Å². The summed E-state index contributed by atoms with van der Waals surface area (Å²) in [5.74, 6) is -0.0265. The van der Waals surface area contributed by atoms with Crippen molar-refractivity contribution in [1.29, 1.82) is 5.26 Å². The Labute approximate surface area is 117 Å². The van der Waals surface area contributed by atoms with Crippen molar-refractivity contribution >= 4 is 11.3 Å². The molecule has 1 aliphatic heterocycles. The van der Waals surface area contributed by atoms with Crippen LogP contribution >= 0.6 is 11.3 Å². The summed E-state index contributed by atoms with van der Waals surface area (Å²) in [5.41, 5.74) is 2.57. The molecule has 0 fully saturated rings. The number of nitrogens with zero attached hydrogens (tertiary/aromatic N) is 2. The molecule has 1 aromatic carbocycles. The van der Waals surface area contributed by atoms with E-state index >= 15 is 0 Å². The first kappa shape index (κ1) is 12.4. The molecule has 0 saturated heterocycles. The fraction of sp³-hybridized carbons (Fsp3) is 0.312. The van der Waals surface area contributed by atoms with Gasteiger partial charge in [0.2, 0.25) is 0 Å². The summed E-state index contributed by atoms with van der Waals surface area (Å²) in [6, 6.07) is 14.8. The molecule has 0 saturated carbocycles. The Kier molecular flexibility index (Phi) is 3.63. The van der Waals surface area contributed by atoms with Gasteiger partial charge in [-0.15, -0.1) is 11.3 Å². The molecule has 2 heterocycles. The topological polar surface area (TPSA) is 27.0 Å². The normalized spacial score (nSPS) is 16.6. The maximum absolute atomic E-state index is 9.39. The smallest absolute Gasteiger partial charge is 0.0839 e. The van der Waals surface area contributed by atoms with Crippen LogP contribution in [-0.2, 0) is 13.0 Å². The molecular formula is C16H16N2S. The van der Waals surface area contributed by atoms with Crippen molar-refractivity contribution in [3.05, 3.63) is 57.8 Å². The Bertz CT molecular complexity index is 582. The molecule has 1 atom stereocenters. The molecule has 2 aromatic rings. The second kappa shape index (κ2) is 5.56. The summed E-state index contributed by atoms with van der Waals surface area (Å²) >= 11 is 1.86. The Balaban J connectivity index is 1.70. The summed E-state index contributed by atoms with van der Waals surface area (Å²) in [6.45, 7) is 2.89. The van der Waals surface area contributed by atoms with Crippen molar-refractivity contribution in [2.24, 2.45) is 0 Å². The average Bonchev–Trinajstić information content (AvgIpc) is 2.93. The quantitative estimate of drug-likeness (QED) is 0.853. The Morgan fingerprint density at radius 2 is 2.11 bits per heavy atom. The molecule has 0 amide bonds. The van der Waals surface area contributed by atoms with Gasteiger partial charge >= 0.3 is 0 Å². The van der Waals surface area contributed by atoms with E-state index in [-0.39, 0.29) is 5.92 Å². The zero-order valence-corrected chi connectivity index (χ0v) is 11.6. The molecule has 0 spiro atoms. The van der Waals surface area contributed by atoms with E-state index in [0.29, 0.717) is 0 Å². The third-order valence-electron chi connectivity index (χ3n) is 3.69. The lowest BCUT2D eigenvalue weighted by Gasteiger charge is -2.28. The van der Waals surface area contributed by atoms with Gasteiger partial charge in [-0.1, -0.05) is 30.3 Å². The van der Waals surface area contributed by atoms with Crippen molar-refractivity contribution in [3.63, 3.8) is 0 Å². The molecule has 19 heavy (non-hydrogen) atoms. The van der Waals surface area contributed by atoms with Crippen LogP contribution in [0.15, 0.2) is 41.8 Å². The molecular weight excluding hydrogens is 252 g/mol. The number of rotatable bonds is 3. The highest BCUT2D eigenvalue weighted by molar-refractivity contribution is 7.10. The number of hydrogen-bond donors (Lipinski definition) is 0. The van der Waals surface area contributed by atoms with Gasteiger partial charge in [-0.2, -0.15) is 5.26 Å². The van der Waals surface area contributed by atoms with E-state index in [4.69, 9.17) is 0 Å². The van der Waals surface area contributed by atoms with Crippen molar-refractivity contribution in [2.75, 3.05) is 13.1 Å². The second-order valence-corrected chi connectivity index (χ2v) is 5.95. The van der Waals surface area contributed by atoms with E-state index in [9.17, 15) is 5.26 Å². The first-order valence-electron chi connectivity index (χ1n) is 6.59. The fourth-order valence-electron chi connectivity index (χ4n) is 2.63. The van der Waals surface area contributed by atoms with Gasteiger partial charge in [0.15, 0.2) is 0 Å². The highest BCUT2D eigenvalue weighted by Gasteiger charge is 2.21. The minimum Gasteiger partial charge on any atom is -0.297 e. The molecule has 1 aromatic heterocycles. The largest absolute Gasteiger partial charge is 0.297 e. The van der Waals surface area contributed by atoms with Crippen LogP contribution in [0.25, 0.3) is 0 Å². The van der Waals surface area contributed by atoms with Crippen LogP contribution in [0.1, 0.15) is 21.9 Å². The monoisotopic (exact) mass is 268 g/mol. The van der Waals surface area contributed by atoms with Crippen molar-refractivity contribution in [1.82, 2.24) is 4.90 Å². The molecule has 96 valence electrons. The summed E-state index contributed by atoms with van der Waals surface area (Å²) in [5, 5.41) is 11.6. The molecule has 1 unspecified atom stereocenters. The van der Waals surface area contributed by atoms with Crippen molar-refractivity contribution in [3.8, 4) is 6.07 Å². The molecule has 0 aliphatic carbocycles. The van der Waals surface area contributed by atoms with Crippen LogP contribution in [-0.4, -0.2) is 18.0 Å². The van der Waals surface area contributed by atoms with Crippen LogP contribution in [0.4, 0.5) is 0 Å². The zero-order chi connectivity index (χ0) is 13.1. The molecule has 0 N–H and O–H groups in total. The van der Waals surface area contributed by atoms with E-state index in [1.54, 1.807) is 0 Å². The summed E-state index contributed by atoms with van der Waals surface area (Å²) in [7, 11) is 0. The first-order chi connectivity index (χ1) is 9.36. The van der Waals surface area contributed by atoms with E-state index in [1.165, 1.54) is 10.4 Å². The minimum atomic E-state index is -0.0265. The van der Waals surface area contributed by atoms with Gasteiger partial charge < -0.3 is 0 Å². The SMILES string of the molecule is N#CC(CN1CCc2sccc2C1)c1ccccc1. The van der Waals surface area contributed by atoms with Gasteiger partial charge in [0.1, 0.15) is 0 Å². The first-order valence-corrected chi connectivity index (χ1v) is 7.47. The molecule has 0 bridgehead atoms. The molecule has 3 heteroatoms. The number of hydrogen-bond acceptors (Lipinski definition) is 3. The molecule has 3 rings (SSSR count). The Hall–Kier alpha value is -1.63. The molecule has 2 nitrogen and oxygen atoms in total. The lowest BCUT2D eigenvalue weighted by molar-refractivity contribution is 0.251. The summed E-state index contributed by atoms with van der Waals surface area (Å²) in [6.07, 6.45) is 1.12. The molecule has 1 aliphatic rings. The van der Waals surface area contributed by atoms with Crippen LogP contribution in [0.2, 0.25) is 0 Å². The van der Waals surface area contributed by atoms with Crippen molar-refractivity contribution < 1.29 is 0 Å². The number of nitriles is 1. The molecule has 0 radical (unpaired) electrons. The Morgan fingerprint density at radius 1 is 1.26 bits per heavy atom. The van der Waals surface area contributed by atoms with Gasteiger partial charge in [0.25, 0.3) is 0 Å². The lowest BCUT2D eigenvalue weighted by Crippen LogP contribution is -2.33. The van der Waals surface area contributed by atoms with E-state index in [2.05, 4.69) is 22.4 Å². The number of thiophene rings is 1. The predicted molar refractivity (Wildman–Crippen MR) is 78.1 cm³/mol.